The van der Waals surface area contributed by atoms with Gasteiger partial charge in [0.2, 0.25) is 11.8 Å². The smallest absolute Gasteiger partial charge is 0.329 e. The molecule has 2 fully saturated rings. The summed E-state index contributed by atoms with van der Waals surface area (Å²) in [7, 11) is 0. The summed E-state index contributed by atoms with van der Waals surface area (Å²) < 4.78 is 5.09. The SMILES string of the molecule is C[C@H](NC(=O)COC(=O)[C@H](C)N1C(=O)[C@H]2[C@H](C1=O)[C@H]1C=C[C@H]2C1)c1ccccc1. The van der Waals surface area contributed by atoms with Gasteiger partial charge in [0, 0.05) is 0 Å². The molecule has 2 aliphatic carbocycles. The summed E-state index contributed by atoms with van der Waals surface area (Å²) in [6, 6.07) is 8.15. The van der Waals surface area contributed by atoms with Crippen molar-refractivity contribution >= 4 is 23.7 Å². The average molecular weight is 396 g/mol. The van der Waals surface area contributed by atoms with E-state index in [4.69, 9.17) is 4.74 Å². The molecule has 0 unspecified atom stereocenters. The molecule has 1 heterocycles. The first-order valence-electron chi connectivity index (χ1n) is 9.94. The zero-order chi connectivity index (χ0) is 20.7. The normalized spacial score (nSPS) is 29.0. The highest BCUT2D eigenvalue weighted by Crippen LogP contribution is 2.52. The molecule has 3 aliphatic rings. The highest BCUT2D eigenvalue weighted by Gasteiger charge is 2.60. The third kappa shape index (κ3) is 3.34. The lowest BCUT2D eigenvalue weighted by Gasteiger charge is -2.23. The number of fused-ring (bicyclic) bond motifs is 5. The monoisotopic (exact) mass is 396 g/mol. The number of carbonyl (C=O) groups excluding carboxylic acids is 4. The van der Waals surface area contributed by atoms with Crippen molar-refractivity contribution in [3.05, 3.63) is 48.0 Å². The Morgan fingerprint density at radius 1 is 1.07 bits per heavy atom. The molecule has 7 heteroatoms. The van der Waals surface area contributed by atoms with E-state index < -0.39 is 24.5 Å². The fourth-order valence-electron chi connectivity index (χ4n) is 4.78. The van der Waals surface area contributed by atoms with Crippen molar-refractivity contribution in [3.63, 3.8) is 0 Å². The van der Waals surface area contributed by atoms with Crippen LogP contribution in [-0.2, 0) is 23.9 Å². The first kappa shape index (κ1) is 19.4. The maximum absolute atomic E-state index is 12.8. The molecule has 6 atom stereocenters. The summed E-state index contributed by atoms with van der Waals surface area (Å²) in [5.41, 5.74) is 0.934. The number of carbonyl (C=O) groups is 4. The van der Waals surface area contributed by atoms with Crippen molar-refractivity contribution in [3.8, 4) is 0 Å². The van der Waals surface area contributed by atoms with E-state index in [-0.39, 0.29) is 41.5 Å². The predicted octanol–water partition coefficient (Wildman–Crippen LogP) is 1.60. The summed E-state index contributed by atoms with van der Waals surface area (Å²) in [4.78, 5) is 51.1. The maximum Gasteiger partial charge on any atom is 0.329 e. The van der Waals surface area contributed by atoms with Crippen LogP contribution < -0.4 is 5.32 Å². The number of rotatable bonds is 6. The summed E-state index contributed by atoms with van der Waals surface area (Å²) in [6.45, 7) is 2.84. The van der Waals surface area contributed by atoms with Crippen LogP contribution in [0.2, 0.25) is 0 Å². The standard InChI is InChI=1S/C22H24N2O5/c1-12(14-6-4-3-5-7-14)23-17(25)11-29-22(28)13(2)24-20(26)18-15-8-9-16(10-15)19(18)21(24)27/h3-9,12-13,15-16,18-19H,10-11H2,1-2H3,(H,23,25)/t12-,13-,15-,16-,18+,19+/m0/s1. The van der Waals surface area contributed by atoms with E-state index in [2.05, 4.69) is 5.32 Å². The molecule has 0 spiro atoms. The van der Waals surface area contributed by atoms with Gasteiger partial charge in [-0.25, -0.2) is 4.79 Å². The highest BCUT2D eigenvalue weighted by atomic mass is 16.5. The van der Waals surface area contributed by atoms with Gasteiger partial charge in [-0.1, -0.05) is 42.5 Å². The van der Waals surface area contributed by atoms with Gasteiger partial charge in [0.15, 0.2) is 6.61 Å². The van der Waals surface area contributed by atoms with Gasteiger partial charge < -0.3 is 10.1 Å². The van der Waals surface area contributed by atoms with Crippen LogP contribution in [0, 0.1) is 23.7 Å². The van der Waals surface area contributed by atoms with Gasteiger partial charge >= 0.3 is 5.97 Å². The number of benzene rings is 1. The van der Waals surface area contributed by atoms with E-state index in [9.17, 15) is 19.2 Å². The fourth-order valence-corrected chi connectivity index (χ4v) is 4.78. The zero-order valence-electron chi connectivity index (χ0n) is 16.4. The Morgan fingerprint density at radius 2 is 1.66 bits per heavy atom. The Balaban J connectivity index is 1.31. The highest BCUT2D eigenvalue weighted by molar-refractivity contribution is 6.08. The third-order valence-electron chi connectivity index (χ3n) is 6.26. The summed E-state index contributed by atoms with van der Waals surface area (Å²) >= 11 is 0. The van der Waals surface area contributed by atoms with Crippen molar-refractivity contribution in [1.82, 2.24) is 10.2 Å². The minimum Gasteiger partial charge on any atom is -0.454 e. The Morgan fingerprint density at radius 3 is 2.24 bits per heavy atom. The average Bonchev–Trinajstić information content (AvgIpc) is 3.40. The second kappa shape index (κ2) is 7.46. The second-order valence-electron chi connectivity index (χ2n) is 8.03. The Bertz CT molecular complexity index is 850. The van der Waals surface area contributed by atoms with E-state index in [0.29, 0.717) is 0 Å². The lowest BCUT2D eigenvalue weighted by atomic mass is 9.85. The molecule has 0 aromatic heterocycles. The molecule has 29 heavy (non-hydrogen) atoms. The number of hydrogen-bond acceptors (Lipinski definition) is 5. The number of allylic oxidation sites excluding steroid dienone is 2. The number of nitrogens with one attached hydrogen (secondary N) is 1. The molecule has 1 aromatic carbocycles. The number of hydrogen-bond donors (Lipinski definition) is 1. The maximum atomic E-state index is 12.8. The van der Waals surface area contributed by atoms with E-state index in [1.54, 1.807) is 0 Å². The minimum atomic E-state index is -1.04. The lowest BCUT2D eigenvalue weighted by Crippen LogP contribution is -2.46. The van der Waals surface area contributed by atoms with Crippen molar-refractivity contribution in [2.45, 2.75) is 32.4 Å². The predicted molar refractivity (Wildman–Crippen MR) is 103 cm³/mol. The summed E-state index contributed by atoms with van der Waals surface area (Å²) in [5.74, 6) is -2.35. The molecular formula is C22H24N2O5. The molecule has 3 amide bonds. The van der Waals surface area contributed by atoms with Crippen LogP contribution in [0.4, 0.5) is 0 Å². The topological polar surface area (TPSA) is 92.8 Å². The molecule has 1 saturated heterocycles. The second-order valence-corrected chi connectivity index (χ2v) is 8.03. The van der Waals surface area contributed by atoms with Crippen LogP contribution in [0.25, 0.3) is 0 Å². The Labute approximate surface area is 169 Å². The number of imide groups is 1. The van der Waals surface area contributed by atoms with E-state index in [1.807, 2.05) is 49.4 Å². The van der Waals surface area contributed by atoms with Crippen LogP contribution in [-0.4, -0.2) is 41.2 Å². The molecule has 1 aliphatic heterocycles. The van der Waals surface area contributed by atoms with Gasteiger partial charge in [-0.2, -0.15) is 0 Å². The van der Waals surface area contributed by atoms with Gasteiger partial charge in [0.05, 0.1) is 17.9 Å². The van der Waals surface area contributed by atoms with Crippen LogP contribution in [0.1, 0.15) is 31.9 Å². The molecule has 7 nitrogen and oxygen atoms in total. The Hall–Kier alpha value is -2.96. The number of likely N-dealkylation sites (tertiary alicyclic amines) is 1. The van der Waals surface area contributed by atoms with Crippen molar-refractivity contribution in [2.75, 3.05) is 6.61 Å². The molecule has 1 saturated carbocycles. The van der Waals surface area contributed by atoms with Crippen molar-refractivity contribution in [1.29, 1.82) is 0 Å². The first-order valence-corrected chi connectivity index (χ1v) is 9.94. The lowest BCUT2D eigenvalue weighted by molar-refractivity contribution is -0.160. The third-order valence-corrected chi connectivity index (χ3v) is 6.26. The molecular weight excluding hydrogens is 372 g/mol. The van der Waals surface area contributed by atoms with Gasteiger partial charge in [-0.05, 0) is 37.7 Å². The largest absolute Gasteiger partial charge is 0.454 e. The van der Waals surface area contributed by atoms with E-state index >= 15 is 0 Å². The van der Waals surface area contributed by atoms with E-state index in [1.165, 1.54) is 6.92 Å². The number of nitrogens with zero attached hydrogens (tertiary/aromatic N) is 1. The molecule has 152 valence electrons. The molecule has 1 N–H and O–H groups in total. The summed E-state index contributed by atoms with van der Waals surface area (Å²) in [6.07, 6.45) is 4.84. The van der Waals surface area contributed by atoms with Gasteiger partial charge in [-0.3, -0.25) is 19.3 Å². The Kier molecular flexibility index (Phi) is 4.98. The zero-order valence-corrected chi connectivity index (χ0v) is 16.4. The van der Waals surface area contributed by atoms with Crippen molar-refractivity contribution < 1.29 is 23.9 Å². The molecule has 1 aromatic rings. The van der Waals surface area contributed by atoms with Crippen LogP contribution in [0.15, 0.2) is 42.5 Å². The molecule has 4 rings (SSSR count). The fraction of sp³-hybridized carbons (Fsp3) is 0.455. The summed E-state index contributed by atoms with van der Waals surface area (Å²) in [5, 5.41) is 2.76. The quantitative estimate of drug-likeness (QED) is 0.448. The van der Waals surface area contributed by atoms with Gasteiger partial charge in [0.1, 0.15) is 6.04 Å². The minimum absolute atomic E-state index is 0.0833. The molecule has 2 bridgehead atoms. The van der Waals surface area contributed by atoms with Crippen LogP contribution >= 0.6 is 0 Å². The number of esters is 1. The number of amides is 3. The first-order chi connectivity index (χ1) is 13.9. The molecule has 0 radical (unpaired) electrons. The van der Waals surface area contributed by atoms with E-state index in [0.717, 1.165) is 16.9 Å². The van der Waals surface area contributed by atoms with Crippen LogP contribution in [0.3, 0.4) is 0 Å². The van der Waals surface area contributed by atoms with Gasteiger partial charge in [-0.15, -0.1) is 0 Å². The number of ether oxygens (including phenoxy) is 1. The van der Waals surface area contributed by atoms with Gasteiger partial charge in [0.25, 0.3) is 5.91 Å². The van der Waals surface area contributed by atoms with Crippen LogP contribution in [0.5, 0.6) is 0 Å². The van der Waals surface area contributed by atoms with Crippen molar-refractivity contribution in [2.24, 2.45) is 23.7 Å².